The molecule has 3 rings (SSSR count). The lowest BCUT2D eigenvalue weighted by Crippen LogP contribution is -2.27. The van der Waals surface area contributed by atoms with Gasteiger partial charge in [-0.15, -0.1) is 0 Å². The molecule has 1 aliphatic heterocycles. The fraction of sp³-hybridized carbons (Fsp3) is 0.429. The molecule has 1 amide bonds. The zero-order valence-electron chi connectivity index (χ0n) is 11.2. The molecule has 0 unspecified atom stereocenters. The second kappa shape index (κ2) is 5.92. The second-order valence-corrected chi connectivity index (χ2v) is 4.93. The van der Waals surface area contributed by atoms with Crippen LogP contribution in [0.5, 0.6) is 0 Å². The van der Waals surface area contributed by atoms with Gasteiger partial charge in [0.25, 0.3) is 5.91 Å². The summed E-state index contributed by atoms with van der Waals surface area (Å²) in [6.45, 7) is 2.77. The summed E-state index contributed by atoms with van der Waals surface area (Å²) < 4.78 is 7.39. The molecule has 1 aliphatic rings. The molecule has 1 atom stereocenters. The van der Waals surface area contributed by atoms with E-state index < -0.39 is 0 Å². The predicted octanol–water partition coefficient (Wildman–Crippen LogP) is 1.15. The van der Waals surface area contributed by atoms with E-state index in [1.54, 1.807) is 6.20 Å². The van der Waals surface area contributed by atoms with Gasteiger partial charge in [-0.1, -0.05) is 0 Å². The Labute approximate surface area is 117 Å². The molecule has 2 aromatic heterocycles. The first-order valence-electron chi connectivity index (χ1n) is 6.84. The minimum atomic E-state index is -0.0761. The zero-order chi connectivity index (χ0) is 13.8. The van der Waals surface area contributed by atoms with Crippen LogP contribution in [0.15, 0.2) is 30.7 Å². The van der Waals surface area contributed by atoms with E-state index in [0.29, 0.717) is 18.7 Å². The Hall–Kier alpha value is -2.08. The van der Waals surface area contributed by atoms with Gasteiger partial charge in [0.1, 0.15) is 0 Å². The Morgan fingerprint density at radius 3 is 3.10 bits per heavy atom. The van der Waals surface area contributed by atoms with Crippen molar-refractivity contribution in [2.45, 2.75) is 18.9 Å². The molecule has 1 saturated heterocycles. The second-order valence-electron chi connectivity index (χ2n) is 4.93. The molecule has 0 saturated carbocycles. The number of nitrogens with one attached hydrogen (secondary N) is 2. The number of aromatic amines is 1. The first-order valence-corrected chi connectivity index (χ1v) is 6.84. The van der Waals surface area contributed by atoms with Crippen molar-refractivity contribution in [2.24, 2.45) is 0 Å². The Morgan fingerprint density at radius 2 is 2.35 bits per heavy atom. The summed E-state index contributed by atoms with van der Waals surface area (Å²) >= 11 is 0. The minimum Gasteiger partial charge on any atom is -0.381 e. The molecule has 2 N–H and O–H groups in total. The van der Waals surface area contributed by atoms with Gasteiger partial charge in [-0.2, -0.15) is 5.10 Å². The number of aromatic nitrogens is 3. The van der Waals surface area contributed by atoms with Crippen molar-refractivity contribution in [1.29, 1.82) is 0 Å². The highest BCUT2D eigenvalue weighted by Crippen LogP contribution is 2.25. The number of rotatable bonds is 5. The lowest BCUT2D eigenvalue weighted by Gasteiger charge is -2.09. The van der Waals surface area contributed by atoms with Crippen LogP contribution in [0.4, 0.5) is 0 Å². The Morgan fingerprint density at radius 1 is 1.50 bits per heavy atom. The van der Waals surface area contributed by atoms with E-state index in [-0.39, 0.29) is 11.8 Å². The van der Waals surface area contributed by atoms with Crippen molar-refractivity contribution in [2.75, 3.05) is 19.8 Å². The standard InChI is InChI=1S/C14H18N4O2/c19-14(15-4-7-18-5-1-2-6-18)12-9-16-17-13(12)11-3-8-20-10-11/h1-2,5-6,9,11H,3-4,7-8,10H2,(H,15,19)(H,16,17)/t11-/m0/s1. The largest absolute Gasteiger partial charge is 0.381 e. The van der Waals surface area contributed by atoms with Crippen LogP contribution in [0.3, 0.4) is 0 Å². The van der Waals surface area contributed by atoms with Crippen molar-refractivity contribution in [1.82, 2.24) is 20.1 Å². The van der Waals surface area contributed by atoms with Crippen LogP contribution in [0.1, 0.15) is 28.4 Å². The summed E-state index contributed by atoms with van der Waals surface area (Å²) in [5.41, 5.74) is 1.52. The van der Waals surface area contributed by atoms with Gasteiger partial charge in [-0.25, -0.2) is 0 Å². The fourth-order valence-electron chi connectivity index (χ4n) is 2.46. The number of H-pyrrole nitrogens is 1. The topological polar surface area (TPSA) is 71.9 Å². The van der Waals surface area contributed by atoms with Crippen LogP contribution in [-0.2, 0) is 11.3 Å². The maximum atomic E-state index is 12.2. The molecular formula is C14H18N4O2. The van der Waals surface area contributed by atoms with E-state index in [2.05, 4.69) is 15.5 Å². The van der Waals surface area contributed by atoms with E-state index in [1.165, 1.54) is 0 Å². The SMILES string of the molecule is O=C(NCCn1cccc1)c1cn[nH]c1[C@H]1CCOC1. The fourth-order valence-corrected chi connectivity index (χ4v) is 2.46. The summed E-state index contributed by atoms with van der Waals surface area (Å²) in [5.74, 6) is 0.176. The van der Waals surface area contributed by atoms with Gasteiger partial charge in [0.15, 0.2) is 0 Å². The van der Waals surface area contributed by atoms with Gasteiger partial charge in [-0.05, 0) is 18.6 Å². The predicted molar refractivity (Wildman–Crippen MR) is 73.5 cm³/mol. The number of nitrogens with zero attached hydrogens (tertiary/aromatic N) is 2. The summed E-state index contributed by atoms with van der Waals surface area (Å²) in [6, 6.07) is 3.94. The number of hydrogen-bond acceptors (Lipinski definition) is 3. The third-order valence-electron chi connectivity index (χ3n) is 3.57. The molecule has 0 aromatic carbocycles. The van der Waals surface area contributed by atoms with Crippen molar-refractivity contribution in [3.05, 3.63) is 42.0 Å². The molecule has 3 heterocycles. The Kier molecular flexibility index (Phi) is 3.83. The van der Waals surface area contributed by atoms with Gasteiger partial charge in [0, 0.05) is 38.0 Å². The molecule has 1 fully saturated rings. The van der Waals surface area contributed by atoms with Crippen LogP contribution in [-0.4, -0.2) is 40.4 Å². The minimum absolute atomic E-state index is 0.0761. The average molecular weight is 274 g/mol. The van der Waals surface area contributed by atoms with Crippen molar-refractivity contribution >= 4 is 5.91 Å². The molecule has 0 radical (unpaired) electrons. The third-order valence-corrected chi connectivity index (χ3v) is 3.57. The van der Waals surface area contributed by atoms with Gasteiger partial charge < -0.3 is 14.6 Å². The molecule has 6 nitrogen and oxygen atoms in total. The van der Waals surface area contributed by atoms with Gasteiger partial charge in [-0.3, -0.25) is 9.89 Å². The first kappa shape index (κ1) is 12.9. The van der Waals surface area contributed by atoms with Gasteiger partial charge in [0.2, 0.25) is 0 Å². The summed E-state index contributed by atoms with van der Waals surface area (Å²) in [5, 5.41) is 9.86. The summed E-state index contributed by atoms with van der Waals surface area (Å²) in [6.07, 6.45) is 6.49. The monoisotopic (exact) mass is 274 g/mol. The first-order chi connectivity index (χ1) is 9.84. The number of hydrogen-bond donors (Lipinski definition) is 2. The van der Waals surface area contributed by atoms with Gasteiger partial charge in [0.05, 0.1) is 24.1 Å². The van der Waals surface area contributed by atoms with Crippen LogP contribution in [0, 0.1) is 0 Å². The smallest absolute Gasteiger partial charge is 0.254 e. The average Bonchev–Trinajstić information content (AvgIpc) is 3.19. The molecule has 2 aromatic rings. The van der Waals surface area contributed by atoms with E-state index in [0.717, 1.165) is 25.3 Å². The molecule has 20 heavy (non-hydrogen) atoms. The number of ether oxygens (including phenoxy) is 1. The zero-order valence-corrected chi connectivity index (χ0v) is 11.2. The highest BCUT2D eigenvalue weighted by molar-refractivity contribution is 5.95. The highest BCUT2D eigenvalue weighted by Gasteiger charge is 2.24. The van der Waals surface area contributed by atoms with Crippen molar-refractivity contribution < 1.29 is 9.53 Å². The molecule has 106 valence electrons. The maximum absolute atomic E-state index is 12.2. The number of amides is 1. The highest BCUT2D eigenvalue weighted by atomic mass is 16.5. The lowest BCUT2D eigenvalue weighted by molar-refractivity contribution is 0.0951. The Bertz CT molecular complexity index is 556. The van der Waals surface area contributed by atoms with E-state index in [4.69, 9.17) is 4.74 Å². The normalized spacial score (nSPS) is 18.3. The third kappa shape index (κ3) is 2.75. The van der Waals surface area contributed by atoms with Crippen LogP contribution in [0.25, 0.3) is 0 Å². The molecule has 6 heteroatoms. The van der Waals surface area contributed by atoms with Crippen molar-refractivity contribution in [3.63, 3.8) is 0 Å². The molecule has 0 spiro atoms. The molecule has 0 bridgehead atoms. The van der Waals surface area contributed by atoms with E-state index >= 15 is 0 Å². The van der Waals surface area contributed by atoms with E-state index in [1.807, 2.05) is 29.1 Å². The molecular weight excluding hydrogens is 256 g/mol. The van der Waals surface area contributed by atoms with Crippen molar-refractivity contribution in [3.8, 4) is 0 Å². The number of carbonyl (C=O) groups is 1. The molecule has 0 aliphatic carbocycles. The summed E-state index contributed by atoms with van der Waals surface area (Å²) in [4.78, 5) is 12.2. The Balaban J connectivity index is 1.58. The van der Waals surface area contributed by atoms with E-state index in [9.17, 15) is 4.79 Å². The summed E-state index contributed by atoms with van der Waals surface area (Å²) in [7, 11) is 0. The van der Waals surface area contributed by atoms with Gasteiger partial charge >= 0.3 is 0 Å². The van der Waals surface area contributed by atoms with Crippen LogP contribution >= 0.6 is 0 Å². The maximum Gasteiger partial charge on any atom is 0.254 e. The van der Waals surface area contributed by atoms with Crippen LogP contribution in [0.2, 0.25) is 0 Å². The quantitative estimate of drug-likeness (QED) is 0.859. The lowest BCUT2D eigenvalue weighted by atomic mass is 10.0. The van der Waals surface area contributed by atoms with Crippen LogP contribution < -0.4 is 5.32 Å². The number of carbonyl (C=O) groups excluding carboxylic acids is 1.